The van der Waals surface area contributed by atoms with Crippen LogP contribution in [0.1, 0.15) is 41.7 Å². The predicted molar refractivity (Wildman–Crippen MR) is 150 cm³/mol. The highest BCUT2D eigenvalue weighted by molar-refractivity contribution is 6.30. The van der Waals surface area contributed by atoms with Crippen molar-refractivity contribution in [1.82, 2.24) is 0 Å². The number of hydrogen-bond donors (Lipinski definition) is 2. The molecule has 2 N–H and O–H groups in total. The van der Waals surface area contributed by atoms with Gasteiger partial charge in [-0.15, -0.1) is 0 Å². The Kier molecular flexibility index (Phi) is 6.26. The highest BCUT2D eigenvalue weighted by Gasteiger charge is 2.42. The third kappa shape index (κ3) is 4.48. The number of rotatable bonds is 3. The van der Waals surface area contributed by atoms with Crippen LogP contribution in [0.5, 0.6) is 0 Å². The van der Waals surface area contributed by atoms with Crippen LogP contribution in [0, 0.1) is 6.92 Å². The molecule has 6 nitrogen and oxygen atoms in total. The summed E-state index contributed by atoms with van der Waals surface area (Å²) >= 11 is 6.23. The van der Waals surface area contributed by atoms with E-state index in [9.17, 15) is 9.59 Å². The highest BCUT2D eigenvalue weighted by atomic mass is 35.5. The lowest BCUT2D eigenvalue weighted by molar-refractivity contribution is -0.116. The minimum absolute atomic E-state index is 0.0268. The van der Waals surface area contributed by atoms with E-state index in [0.29, 0.717) is 34.8 Å². The van der Waals surface area contributed by atoms with E-state index in [2.05, 4.69) is 10.6 Å². The lowest BCUT2D eigenvalue weighted by Crippen LogP contribution is -2.41. The van der Waals surface area contributed by atoms with Crippen LogP contribution in [0.15, 0.2) is 107 Å². The fourth-order valence-corrected chi connectivity index (χ4v) is 5.45. The molecule has 1 aromatic heterocycles. The number of nitrogens with zero attached hydrogens (tertiary/aromatic N) is 1. The van der Waals surface area contributed by atoms with Crippen LogP contribution in [0.3, 0.4) is 0 Å². The second-order valence-electron chi connectivity index (χ2n) is 9.70. The van der Waals surface area contributed by atoms with Crippen molar-refractivity contribution in [2.24, 2.45) is 0 Å². The Morgan fingerprint density at radius 3 is 2.47 bits per heavy atom. The fraction of sp³-hybridized carbons (Fsp3) is 0.161. The number of halogens is 1. The molecule has 190 valence electrons. The van der Waals surface area contributed by atoms with Crippen LogP contribution < -0.4 is 15.5 Å². The molecular weight excluding hydrogens is 498 g/mol. The van der Waals surface area contributed by atoms with Gasteiger partial charge in [0.25, 0.3) is 0 Å². The molecule has 0 bridgehead atoms. The molecule has 0 spiro atoms. The third-order valence-electron chi connectivity index (χ3n) is 7.14. The number of fused-ring (bicyclic) bond motifs is 1. The fourth-order valence-electron chi connectivity index (χ4n) is 5.32. The number of carbonyl (C=O) groups is 2. The summed E-state index contributed by atoms with van der Waals surface area (Å²) in [6, 6.07) is 25.4. The topological polar surface area (TPSA) is 74.6 Å². The molecule has 1 aliphatic carbocycles. The zero-order valence-electron chi connectivity index (χ0n) is 20.8. The number of nitrogens with one attached hydrogen (secondary N) is 2. The smallest absolute Gasteiger partial charge is 0.327 e. The number of aryl methyl sites for hydroxylation is 1. The molecule has 0 saturated carbocycles. The maximum atomic E-state index is 14.1. The molecule has 0 radical (unpaired) electrons. The number of allylic oxidation sites excluding steroid dienone is 1. The molecule has 1 aliphatic heterocycles. The van der Waals surface area contributed by atoms with Crippen molar-refractivity contribution in [3.63, 3.8) is 0 Å². The summed E-state index contributed by atoms with van der Waals surface area (Å²) in [5.74, 6) is 0.664. The van der Waals surface area contributed by atoms with Crippen molar-refractivity contribution >= 4 is 40.5 Å². The molecule has 2 aliphatic rings. The number of Topliss-reactive ketones (excluding diaryl/α,β-unsaturated/α-hetero) is 1. The molecule has 0 saturated heterocycles. The van der Waals surface area contributed by atoms with E-state index in [1.165, 1.54) is 0 Å². The van der Waals surface area contributed by atoms with Gasteiger partial charge < -0.3 is 15.1 Å². The third-order valence-corrected chi connectivity index (χ3v) is 7.39. The van der Waals surface area contributed by atoms with E-state index >= 15 is 0 Å². The summed E-state index contributed by atoms with van der Waals surface area (Å²) in [5.41, 5.74) is 5.36. The number of carbonyl (C=O) groups excluding carboxylic acids is 2. The predicted octanol–water partition coefficient (Wildman–Crippen LogP) is 7.85. The largest absolute Gasteiger partial charge is 0.469 e. The van der Waals surface area contributed by atoms with Crippen molar-refractivity contribution < 1.29 is 14.0 Å². The van der Waals surface area contributed by atoms with E-state index in [1.54, 1.807) is 23.3 Å². The van der Waals surface area contributed by atoms with Crippen molar-refractivity contribution in [1.29, 1.82) is 0 Å². The Bertz CT molecular complexity index is 1530. The lowest BCUT2D eigenvalue weighted by atomic mass is 9.80. The second-order valence-corrected chi connectivity index (χ2v) is 10.1. The van der Waals surface area contributed by atoms with Crippen LogP contribution in [-0.2, 0) is 4.79 Å². The molecule has 3 aromatic carbocycles. The highest BCUT2D eigenvalue weighted by Crippen LogP contribution is 2.47. The van der Waals surface area contributed by atoms with Crippen molar-refractivity contribution in [2.75, 3.05) is 15.5 Å². The van der Waals surface area contributed by atoms with Crippen molar-refractivity contribution in [3.8, 4) is 0 Å². The van der Waals surface area contributed by atoms with Gasteiger partial charge in [0.15, 0.2) is 5.78 Å². The minimum atomic E-state index is -0.658. The van der Waals surface area contributed by atoms with Crippen molar-refractivity contribution in [3.05, 3.63) is 124 Å². The molecule has 2 heterocycles. The van der Waals surface area contributed by atoms with Crippen LogP contribution in [0.25, 0.3) is 0 Å². The first-order valence-corrected chi connectivity index (χ1v) is 12.9. The lowest BCUT2D eigenvalue weighted by Gasteiger charge is -2.34. The standard InChI is InChI=1S/C31H26ClN3O3/c1-19-8-14-23(15-9-19)33-31(37)35-26-6-3-2-5-24(26)34-25-17-21(28-7-4-16-38-28)18-27(36)29(25)30(35)20-10-12-22(32)13-11-20/h2-16,21,30,34H,17-18H2,1H3,(H,33,37)/t21-,30+/m1/s1. The molecular formula is C31H26ClN3O3. The van der Waals surface area contributed by atoms with E-state index in [-0.39, 0.29) is 17.7 Å². The number of para-hydroxylation sites is 2. The Labute approximate surface area is 225 Å². The van der Waals surface area contributed by atoms with Crippen LogP contribution >= 0.6 is 11.6 Å². The monoisotopic (exact) mass is 523 g/mol. The average molecular weight is 524 g/mol. The quantitative estimate of drug-likeness (QED) is 0.287. The first kappa shape index (κ1) is 24.1. The minimum Gasteiger partial charge on any atom is -0.469 e. The number of benzene rings is 3. The number of anilines is 3. The molecule has 0 unspecified atom stereocenters. The summed E-state index contributed by atoms with van der Waals surface area (Å²) in [6.07, 6.45) is 2.51. The van der Waals surface area contributed by atoms with Gasteiger partial charge in [-0.25, -0.2) is 4.79 Å². The van der Waals surface area contributed by atoms with Crippen LogP contribution in [0.2, 0.25) is 5.02 Å². The number of urea groups is 1. The molecule has 6 rings (SSSR count). The van der Waals surface area contributed by atoms with Gasteiger partial charge in [-0.05, 0) is 67.4 Å². The number of ketones is 1. The van der Waals surface area contributed by atoms with Gasteiger partial charge in [0.1, 0.15) is 5.76 Å². The summed E-state index contributed by atoms with van der Waals surface area (Å²) in [5, 5.41) is 7.15. The first-order chi connectivity index (χ1) is 18.5. The number of furan rings is 1. The normalized spacial score (nSPS) is 18.8. The van der Waals surface area contributed by atoms with Gasteiger partial charge >= 0.3 is 6.03 Å². The molecule has 7 heteroatoms. The summed E-state index contributed by atoms with van der Waals surface area (Å²) in [4.78, 5) is 29.7. The van der Waals surface area contributed by atoms with E-state index in [4.69, 9.17) is 16.0 Å². The van der Waals surface area contributed by atoms with Crippen LogP contribution in [-0.4, -0.2) is 11.8 Å². The van der Waals surface area contributed by atoms with Gasteiger partial charge in [-0.1, -0.05) is 53.6 Å². The van der Waals surface area contributed by atoms with E-state index in [0.717, 1.165) is 28.3 Å². The van der Waals surface area contributed by atoms with Gasteiger partial charge in [0.2, 0.25) is 0 Å². The summed E-state index contributed by atoms with van der Waals surface area (Å²) < 4.78 is 5.67. The van der Waals surface area contributed by atoms with Gasteiger partial charge in [-0.2, -0.15) is 0 Å². The molecule has 4 aromatic rings. The number of amides is 2. The Morgan fingerprint density at radius 2 is 1.74 bits per heavy atom. The number of hydrogen-bond acceptors (Lipinski definition) is 4. The van der Waals surface area contributed by atoms with Gasteiger partial charge in [0, 0.05) is 34.3 Å². The maximum absolute atomic E-state index is 14.1. The average Bonchev–Trinajstić information content (AvgIpc) is 3.41. The SMILES string of the molecule is Cc1ccc(NC(=O)N2c3ccccc3NC3=C(C(=O)C[C@H](c4ccco4)C3)[C@@H]2c2ccc(Cl)cc2)cc1. The molecule has 38 heavy (non-hydrogen) atoms. The summed E-state index contributed by atoms with van der Waals surface area (Å²) in [6.45, 7) is 2.00. The maximum Gasteiger partial charge on any atom is 0.327 e. The van der Waals surface area contributed by atoms with Crippen molar-refractivity contribution in [2.45, 2.75) is 31.7 Å². The molecule has 0 fully saturated rings. The van der Waals surface area contributed by atoms with Crippen LogP contribution in [0.4, 0.5) is 21.9 Å². The molecule has 2 atom stereocenters. The zero-order valence-corrected chi connectivity index (χ0v) is 21.5. The van der Waals surface area contributed by atoms with Gasteiger partial charge in [-0.3, -0.25) is 9.69 Å². The van der Waals surface area contributed by atoms with E-state index < -0.39 is 6.04 Å². The summed E-state index contributed by atoms with van der Waals surface area (Å²) in [7, 11) is 0. The van der Waals surface area contributed by atoms with Gasteiger partial charge in [0.05, 0.1) is 23.7 Å². The second kappa shape index (κ2) is 9.88. The Hall–Kier alpha value is -4.29. The first-order valence-electron chi connectivity index (χ1n) is 12.6. The Morgan fingerprint density at radius 1 is 0.974 bits per heavy atom. The molecule has 2 amide bonds. The van der Waals surface area contributed by atoms with E-state index in [1.807, 2.05) is 79.7 Å². The Balaban J connectivity index is 1.51. The zero-order chi connectivity index (χ0) is 26.2.